The van der Waals surface area contributed by atoms with Crippen LogP contribution in [0.1, 0.15) is 43.9 Å². The van der Waals surface area contributed by atoms with Gasteiger partial charge in [0.05, 0.1) is 17.7 Å². The van der Waals surface area contributed by atoms with Gasteiger partial charge in [-0.3, -0.25) is 14.6 Å². The molecule has 0 unspecified atom stereocenters. The van der Waals surface area contributed by atoms with E-state index in [4.69, 9.17) is 0 Å². The summed E-state index contributed by atoms with van der Waals surface area (Å²) in [6.45, 7) is 2.26. The van der Waals surface area contributed by atoms with Crippen LogP contribution in [0.4, 0.5) is 5.69 Å². The zero-order chi connectivity index (χ0) is 17.7. The minimum Gasteiger partial charge on any atom is -0.350 e. The van der Waals surface area contributed by atoms with E-state index in [9.17, 15) is 9.59 Å². The summed E-state index contributed by atoms with van der Waals surface area (Å²) in [6, 6.07) is 13.3. The standard InChI is InChI=1S/C20H23N3O2/c1-2-18(24)23-16-9-7-15(8-10-16)20(11-5-12-20)19(25)22-14-17-6-3-4-13-21-17/h3-4,6-10,13H,2,5,11-12,14H2,1H3,(H,22,25)(H,23,24). The number of nitrogens with one attached hydrogen (secondary N) is 2. The summed E-state index contributed by atoms with van der Waals surface area (Å²) in [4.78, 5) is 28.5. The van der Waals surface area contributed by atoms with Gasteiger partial charge in [-0.05, 0) is 42.7 Å². The molecule has 1 aromatic carbocycles. The van der Waals surface area contributed by atoms with E-state index >= 15 is 0 Å². The number of carbonyl (C=O) groups is 2. The van der Waals surface area contributed by atoms with E-state index in [2.05, 4.69) is 15.6 Å². The third kappa shape index (κ3) is 3.71. The monoisotopic (exact) mass is 337 g/mol. The van der Waals surface area contributed by atoms with Crippen molar-refractivity contribution in [3.05, 3.63) is 59.9 Å². The van der Waals surface area contributed by atoms with Gasteiger partial charge in [0.15, 0.2) is 0 Å². The van der Waals surface area contributed by atoms with Crippen LogP contribution in [-0.2, 0) is 21.5 Å². The summed E-state index contributed by atoms with van der Waals surface area (Å²) in [7, 11) is 0. The number of hydrogen-bond donors (Lipinski definition) is 2. The fraction of sp³-hybridized carbons (Fsp3) is 0.350. The van der Waals surface area contributed by atoms with E-state index in [0.717, 1.165) is 36.2 Å². The van der Waals surface area contributed by atoms with Gasteiger partial charge >= 0.3 is 0 Å². The minimum absolute atomic E-state index is 0.0146. The van der Waals surface area contributed by atoms with E-state index in [1.54, 1.807) is 6.20 Å². The van der Waals surface area contributed by atoms with Gasteiger partial charge in [-0.2, -0.15) is 0 Å². The molecule has 5 heteroatoms. The summed E-state index contributed by atoms with van der Waals surface area (Å²) in [5.41, 5.74) is 2.16. The van der Waals surface area contributed by atoms with Crippen molar-refractivity contribution in [2.75, 3.05) is 5.32 Å². The summed E-state index contributed by atoms with van der Waals surface area (Å²) in [5, 5.41) is 5.86. The Hall–Kier alpha value is -2.69. The lowest BCUT2D eigenvalue weighted by Crippen LogP contribution is -2.49. The second kappa shape index (κ2) is 7.47. The van der Waals surface area contributed by atoms with Crippen molar-refractivity contribution >= 4 is 17.5 Å². The molecule has 1 fully saturated rings. The van der Waals surface area contributed by atoms with Crippen LogP contribution in [0.25, 0.3) is 0 Å². The topological polar surface area (TPSA) is 71.1 Å². The largest absolute Gasteiger partial charge is 0.350 e. The maximum Gasteiger partial charge on any atom is 0.230 e. The van der Waals surface area contributed by atoms with Crippen LogP contribution < -0.4 is 10.6 Å². The fourth-order valence-electron chi connectivity index (χ4n) is 3.14. The van der Waals surface area contributed by atoms with Gasteiger partial charge in [0.2, 0.25) is 11.8 Å². The fourth-order valence-corrected chi connectivity index (χ4v) is 3.14. The van der Waals surface area contributed by atoms with Crippen LogP contribution in [0.5, 0.6) is 0 Å². The van der Waals surface area contributed by atoms with Crippen LogP contribution in [-0.4, -0.2) is 16.8 Å². The number of rotatable bonds is 6. The summed E-state index contributed by atoms with van der Waals surface area (Å²) in [6.07, 6.45) is 4.92. The molecular formula is C20H23N3O2. The first-order chi connectivity index (χ1) is 12.1. The van der Waals surface area contributed by atoms with Crippen LogP contribution in [0.15, 0.2) is 48.7 Å². The zero-order valence-corrected chi connectivity index (χ0v) is 14.4. The first-order valence-electron chi connectivity index (χ1n) is 8.72. The van der Waals surface area contributed by atoms with E-state index < -0.39 is 5.41 Å². The van der Waals surface area contributed by atoms with Crippen molar-refractivity contribution in [2.24, 2.45) is 0 Å². The van der Waals surface area contributed by atoms with Gasteiger partial charge in [-0.1, -0.05) is 31.5 Å². The lowest BCUT2D eigenvalue weighted by molar-refractivity contribution is -0.130. The average Bonchev–Trinajstić information content (AvgIpc) is 2.61. The predicted molar refractivity (Wildman–Crippen MR) is 97.0 cm³/mol. The lowest BCUT2D eigenvalue weighted by Gasteiger charge is -2.40. The Bertz CT molecular complexity index is 737. The Labute approximate surface area is 147 Å². The molecule has 0 atom stereocenters. The summed E-state index contributed by atoms with van der Waals surface area (Å²) < 4.78 is 0. The molecule has 1 heterocycles. The molecule has 1 aliphatic carbocycles. The number of nitrogens with zero attached hydrogens (tertiary/aromatic N) is 1. The van der Waals surface area contributed by atoms with Crippen LogP contribution in [0, 0.1) is 0 Å². The van der Waals surface area contributed by atoms with E-state index in [0.29, 0.717) is 13.0 Å². The Morgan fingerprint density at radius 1 is 1.12 bits per heavy atom. The maximum absolute atomic E-state index is 12.8. The molecule has 1 aliphatic rings. The van der Waals surface area contributed by atoms with Crippen molar-refractivity contribution in [3.8, 4) is 0 Å². The third-order valence-corrected chi connectivity index (χ3v) is 4.84. The second-order valence-electron chi connectivity index (χ2n) is 6.42. The van der Waals surface area contributed by atoms with Crippen LogP contribution in [0.2, 0.25) is 0 Å². The third-order valence-electron chi connectivity index (χ3n) is 4.84. The lowest BCUT2D eigenvalue weighted by atomic mass is 9.63. The van der Waals surface area contributed by atoms with Gasteiger partial charge in [-0.25, -0.2) is 0 Å². The Balaban J connectivity index is 1.69. The van der Waals surface area contributed by atoms with E-state index in [1.807, 2.05) is 49.4 Å². The highest BCUT2D eigenvalue weighted by Crippen LogP contribution is 2.44. The number of benzene rings is 1. The molecule has 2 N–H and O–H groups in total. The highest BCUT2D eigenvalue weighted by molar-refractivity contribution is 5.91. The molecule has 0 radical (unpaired) electrons. The number of carbonyl (C=O) groups excluding carboxylic acids is 2. The molecule has 3 rings (SSSR count). The molecule has 0 saturated heterocycles. The quantitative estimate of drug-likeness (QED) is 0.850. The van der Waals surface area contributed by atoms with E-state index in [-0.39, 0.29) is 11.8 Å². The number of pyridine rings is 1. The minimum atomic E-state index is -0.456. The first-order valence-corrected chi connectivity index (χ1v) is 8.72. The molecule has 2 amide bonds. The first kappa shape index (κ1) is 17.1. The van der Waals surface area contributed by atoms with E-state index in [1.165, 1.54) is 0 Å². The average molecular weight is 337 g/mol. The predicted octanol–water partition coefficient (Wildman–Crippen LogP) is 3.17. The molecule has 5 nitrogen and oxygen atoms in total. The van der Waals surface area contributed by atoms with Gasteiger partial charge < -0.3 is 10.6 Å². The molecule has 2 aromatic rings. The molecule has 1 aromatic heterocycles. The zero-order valence-electron chi connectivity index (χ0n) is 14.4. The second-order valence-corrected chi connectivity index (χ2v) is 6.42. The van der Waals surface area contributed by atoms with Crippen molar-refractivity contribution in [1.29, 1.82) is 0 Å². The highest BCUT2D eigenvalue weighted by atomic mass is 16.2. The molecule has 25 heavy (non-hydrogen) atoms. The molecular weight excluding hydrogens is 314 g/mol. The highest BCUT2D eigenvalue weighted by Gasteiger charge is 2.45. The van der Waals surface area contributed by atoms with Crippen molar-refractivity contribution < 1.29 is 9.59 Å². The Morgan fingerprint density at radius 3 is 2.44 bits per heavy atom. The molecule has 0 bridgehead atoms. The Morgan fingerprint density at radius 2 is 1.88 bits per heavy atom. The molecule has 1 saturated carbocycles. The van der Waals surface area contributed by atoms with Gasteiger partial charge in [-0.15, -0.1) is 0 Å². The normalized spacial score (nSPS) is 15.1. The van der Waals surface area contributed by atoms with Crippen LogP contribution in [0.3, 0.4) is 0 Å². The molecule has 0 aliphatic heterocycles. The number of aromatic nitrogens is 1. The van der Waals surface area contributed by atoms with Crippen LogP contribution >= 0.6 is 0 Å². The summed E-state index contributed by atoms with van der Waals surface area (Å²) >= 11 is 0. The van der Waals surface area contributed by atoms with Crippen molar-refractivity contribution in [3.63, 3.8) is 0 Å². The number of amides is 2. The summed E-state index contributed by atoms with van der Waals surface area (Å²) in [5.74, 6) is 0.0361. The van der Waals surface area contributed by atoms with Gasteiger partial charge in [0.25, 0.3) is 0 Å². The van der Waals surface area contributed by atoms with Gasteiger partial charge in [0.1, 0.15) is 0 Å². The SMILES string of the molecule is CCC(=O)Nc1ccc(C2(C(=O)NCc3ccccn3)CCC2)cc1. The van der Waals surface area contributed by atoms with Crippen molar-refractivity contribution in [2.45, 2.75) is 44.6 Å². The Kier molecular flexibility index (Phi) is 5.12. The molecule has 0 spiro atoms. The van der Waals surface area contributed by atoms with Crippen molar-refractivity contribution in [1.82, 2.24) is 10.3 Å². The number of hydrogen-bond acceptors (Lipinski definition) is 3. The smallest absolute Gasteiger partial charge is 0.230 e. The van der Waals surface area contributed by atoms with Gasteiger partial charge in [0, 0.05) is 18.3 Å². The number of anilines is 1. The maximum atomic E-state index is 12.8. The molecule has 130 valence electrons.